The Morgan fingerprint density at radius 2 is 1.89 bits per heavy atom. The summed E-state index contributed by atoms with van der Waals surface area (Å²) in [6.07, 6.45) is 5.18. The Morgan fingerprint density at radius 1 is 1.14 bits per heavy atom. The number of aryl methyl sites for hydroxylation is 1. The van der Waals surface area contributed by atoms with Gasteiger partial charge in [-0.2, -0.15) is 11.3 Å². The predicted molar refractivity (Wildman–Crippen MR) is 116 cm³/mol. The van der Waals surface area contributed by atoms with Gasteiger partial charge in [0.1, 0.15) is 5.75 Å². The molecule has 28 heavy (non-hydrogen) atoms. The van der Waals surface area contributed by atoms with E-state index in [4.69, 9.17) is 5.73 Å². The highest BCUT2D eigenvalue weighted by Crippen LogP contribution is 2.35. The molecule has 4 nitrogen and oxygen atoms in total. The zero-order valence-electron chi connectivity index (χ0n) is 16.6. The van der Waals surface area contributed by atoms with Gasteiger partial charge in [-0.25, -0.2) is 0 Å². The van der Waals surface area contributed by atoms with E-state index in [1.54, 1.807) is 23.5 Å². The number of thiophene rings is 1. The van der Waals surface area contributed by atoms with Crippen molar-refractivity contribution in [2.45, 2.75) is 52.5 Å². The molecule has 0 saturated heterocycles. The van der Waals surface area contributed by atoms with Crippen molar-refractivity contribution in [1.29, 1.82) is 0 Å². The zero-order valence-corrected chi connectivity index (χ0v) is 17.4. The third-order valence-electron chi connectivity index (χ3n) is 5.26. The number of amides is 1. The van der Waals surface area contributed by atoms with Crippen LogP contribution in [-0.4, -0.2) is 15.6 Å². The molecule has 0 saturated carbocycles. The molecule has 5 heteroatoms. The maximum Gasteiger partial charge on any atom is 0.251 e. The van der Waals surface area contributed by atoms with Gasteiger partial charge in [-0.1, -0.05) is 31.9 Å². The molecule has 0 bridgehead atoms. The molecule has 3 N–H and O–H groups in total. The highest BCUT2D eigenvalue weighted by molar-refractivity contribution is 7.08. The van der Waals surface area contributed by atoms with E-state index in [1.165, 1.54) is 5.69 Å². The van der Waals surface area contributed by atoms with Crippen molar-refractivity contribution in [3.8, 4) is 16.9 Å². The molecule has 0 aliphatic heterocycles. The second-order valence-corrected chi connectivity index (χ2v) is 7.96. The summed E-state index contributed by atoms with van der Waals surface area (Å²) < 4.78 is 2.27. The lowest BCUT2D eigenvalue weighted by atomic mass is 9.99. The second kappa shape index (κ2) is 9.11. The summed E-state index contributed by atoms with van der Waals surface area (Å²) in [4.78, 5) is 12.3. The molecule has 148 valence electrons. The molecule has 0 radical (unpaired) electrons. The predicted octanol–water partition coefficient (Wildman–Crippen LogP) is 5.30. The largest absolute Gasteiger partial charge is 0.508 e. The fourth-order valence-electron chi connectivity index (χ4n) is 3.83. The van der Waals surface area contributed by atoms with Gasteiger partial charge in [0.25, 0.3) is 5.91 Å². The summed E-state index contributed by atoms with van der Waals surface area (Å²) in [5.41, 5.74) is 11.8. The Kier molecular flexibility index (Phi) is 6.57. The van der Waals surface area contributed by atoms with Crippen molar-refractivity contribution in [3.05, 3.63) is 63.6 Å². The van der Waals surface area contributed by atoms with Gasteiger partial charge in [0, 0.05) is 23.5 Å². The van der Waals surface area contributed by atoms with Crippen molar-refractivity contribution < 1.29 is 9.90 Å². The molecule has 0 unspecified atom stereocenters. The van der Waals surface area contributed by atoms with Crippen LogP contribution < -0.4 is 5.73 Å². The third-order valence-corrected chi connectivity index (χ3v) is 5.95. The number of phenolic OH excluding ortho intramolecular Hbond substituents is 1. The van der Waals surface area contributed by atoms with Gasteiger partial charge in [-0.15, -0.1) is 0 Å². The molecule has 0 aliphatic carbocycles. The summed E-state index contributed by atoms with van der Waals surface area (Å²) in [7, 11) is 0. The first-order valence-electron chi connectivity index (χ1n) is 9.85. The zero-order chi connectivity index (χ0) is 20.1. The van der Waals surface area contributed by atoms with E-state index < -0.39 is 0 Å². The Balaban J connectivity index is 2.02. The number of aromatic nitrogens is 1. The van der Waals surface area contributed by atoms with Gasteiger partial charge >= 0.3 is 0 Å². The number of phenols is 1. The average Bonchev–Trinajstić information content (AvgIpc) is 3.28. The van der Waals surface area contributed by atoms with Gasteiger partial charge in [0.05, 0.1) is 5.56 Å². The second-order valence-electron chi connectivity index (χ2n) is 7.18. The fraction of sp³-hybridized carbons (Fsp3) is 0.348. The van der Waals surface area contributed by atoms with Crippen molar-refractivity contribution >= 4 is 17.2 Å². The minimum atomic E-state index is -0.362. The van der Waals surface area contributed by atoms with Crippen molar-refractivity contribution in [2.24, 2.45) is 5.73 Å². The van der Waals surface area contributed by atoms with Crippen LogP contribution in [0.4, 0.5) is 0 Å². The van der Waals surface area contributed by atoms with Crippen LogP contribution >= 0.6 is 11.3 Å². The maximum atomic E-state index is 12.3. The Hall–Kier alpha value is -2.53. The normalized spacial score (nSPS) is 11.1. The van der Waals surface area contributed by atoms with E-state index in [-0.39, 0.29) is 11.7 Å². The summed E-state index contributed by atoms with van der Waals surface area (Å²) in [5, 5.41) is 13.6. The molecule has 1 aromatic carbocycles. The number of unbranched alkanes of at least 4 members (excludes halogenated alkanes) is 2. The van der Waals surface area contributed by atoms with E-state index in [1.807, 2.05) is 24.4 Å². The fourth-order valence-corrected chi connectivity index (χ4v) is 4.47. The molecule has 1 amide bonds. The van der Waals surface area contributed by atoms with E-state index in [9.17, 15) is 9.90 Å². The molecule has 2 heterocycles. The molecule has 0 fully saturated rings. The lowest BCUT2D eigenvalue weighted by Gasteiger charge is -2.13. The van der Waals surface area contributed by atoms with E-state index in [0.29, 0.717) is 5.56 Å². The third kappa shape index (κ3) is 4.30. The van der Waals surface area contributed by atoms with Gasteiger partial charge in [-0.05, 0) is 66.3 Å². The molecule has 3 aromatic rings. The first kappa shape index (κ1) is 20.2. The number of benzene rings is 1. The first-order chi connectivity index (χ1) is 13.5. The summed E-state index contributed by atoms with van der Waals surface area (Å²) in [6.45, 7) is 4.97. The number of carbonyl (C=O) groups is 1. The topological polar surface area (TPSA) is 68.2 Å². The van der Waals surface area contributed by atoms with Crippen LogP contribution in [0.15, 0.2) is 41.1 Å². The standard InChI is InChI=1S/C23H28N2O2S/c1-3-4-5-6-20-22(18-12-14-28-15-18)21(23(24)27)16(2)25(20)13-11-17-7-9-19(26)10-8-17/h7-10,12,14-15,26H,3-6,11,13H2,1-2H3,(H2,24,27). The minimum Gasteiger partial charge on any atom is -0.508 e. The van der Waals surface area contributed by atoms with Crippen LogP contribution in [0.1, 0.15) is 53.5 Å². The van der Waals surface area contributed by atoms with Gasteiger partial charge in [0.15, 0.2) is 0 Å². The number of hydrogen-bond donors (Lipinski definition) is 2. The van der Waals surface area contributed by atoms with Gasteiger partial charge < -0.3 is 15.4 Å². The van der Waals surface area contributed by atoms with Crippen molar-refractivity contribution in [1.82, 2.24) is 4.57 Å². The lowest BCUT2D eigenvalue weighted by molar-refractivity contribution is 0.1000. The van der Waals surface area contributed by atoms with Crippen LogP contribution in [0.5, 0.6) is 5.75 Å². The van der Waals surface area contributed by atoms with Crippen molar-refractivity contribution in [2.75, 3.05) is 0 Å². The van der Waals surface area contributed by atoms with Crippen LogP contribution in [0.2, 0.25) is 0 Å². The SMILES string of the molecule is CCCCCc1c(-c2ccsc2)c(C(N)=O)c(C)n1CCc1ccc(O)cc1. The number of aromatic hydroxyl groups is 1. The number of primary amides is 1. The molecule has 0 atom stereocenters. The molecule has 0 spiro atoms. The van der Waals surface area contributed by atoms with E-state index in [0.717, 1.165) is 61.0 Å². The Bertz CT molecular complexity index is 925. The summed E-state index contributed by atoms with van der Waals surface area (Å²) in [5.74, 6) is -0.0873. The molecule has 2 aromatic heterocycles. The number of nitrogens with two attached hydrogens (primary N) is 1. The van der Waals surface area contributed by atoms with Crippen LogP contribution in [0, 0.1) is 6.92 Å². The molecular weight excluding hydrogens is 368 g/mol. The molecule has 0 aliphatic rings. The lowest BCUT2D eigenvalue weighted by Crippen LogP contribution is -2.13. The number of hydrogen-bond acceptors (Lipinski definition) is 3. The summed E-state index contributed by atoms with van der Waals surface area (Å²) in [6, 6.07) is 9.39. The molecule has 3 rings (SSSR count). The molecular formula is C23H28N2O2S. The van der Waals surface area contributed by atoms with Gasteiger partial charge in [-0.3, -0.25) is 4.79 Å². The maximum absolute atomic E-state index is 12.3. The van der Waals surface area contributed by atoms with Gasteiger partial charge in [0.2, 0.25) is 0 Å². The summed E-state index contributed by atoms with van der Waals surface area (Å²) >= 11 is 1.63. The van der Waals surface area contributed by atoms with E-state index in [2.05, 4.69) is 22.9 Å². The Morgan fingerprint density at radius 3 is 2.50 bits per heavy atom. The monoisotopic (exact) mass is 396 g/mol. The minimum absolute atomic E-state index is 0.275. The van der Waals surface area contributed by atoms with Crippen LogP contribution in [-0.2, 0) is 19.4 Å². The van der Waals surface area contributed by atoms with Crippen LogP contribution in [0.3, 0.4) is 0 Å². The number of rotatable bonds is 9. The average molecular weight is 397 g/mol. The quantitative estimate of drug-likeness (QED) is 0.482. The highest BCUT2D eigenvalue weighted by atomic mass is 32.1. The first-order valence-corrected chi connectivity index (χ1v) is 10.8. The number of carbonyl (C=O) groups excluding carboxylic acids is 1. The number of nitrogens with zero attached hydrogens (tertiary/aromatic N) is 1. The Labute approximate surface area is 170 Å². The smallest absolute Gasteiger partial charge is 0.251 e. The van der Waals surface area contributed by atoms with E-state index >= 15 is 0 Å². The highest BCUT2D eigenvalue weighted by Gasteiger charge is 2.24. The van der Waals surface area contributed by atoms with Crippen molar-refractivity contribution in [3.63, 3.8) is 0 Å². The van der Waals surface area contributed by atoms with Crippen LogP contribution in [0.25, 0.3) is 11.1 Å².